The summed E-state index contributed by atoms with van der Waals surface area (Å²) in [5, 5.41) is 0. The summed E-state index contributed by atoms with van der Waals surface area (Å²) < 4.78 is 34.4. The van der Waals surface area contributed by atoms with Crippen molar-refractivity contribution in [3.8, 4) is 0 Å². The Morgan fingerprint density at radius 1 is 0.559 bits per heavy atom. The minimum absolute atomic E-state index is 0.00412. The Balaban J connectivity index is 4.32. The van der Waals surface area contributed by atoms with E-state index in [1.54, 1.807) is 6.26 Å². The molecule has 0 saturated heterocycles. The first-order valence-corrected chi connectivity index (χ1v) is 25.2. The molecule has 0 radical (unpaired) electrons. The van der Waals surface area contributed by atoms with Crippen LogP contribution in [0.25, 0.3) is 0 Å². The number of phosphoric ester groups is 1. The summed E-state index contributed by atoms with van der Waals surface area (Å²) in [7, 11) is 1.29. The van der Waals surface area contributed by atoms with E-state index in [9.17, 15) is 14.3 Å². The zero-order valence-corrected chi connectivity index (χ0v) is 39.6. The van der Waals surface area contributed by atoms with Gasteiger partial charge in [-0.25, -0.2) is 0 Å². The number of quaternary nitrogens is 1. The van der Waals surface area contributed by atoms with Crippen LogP contribution in [0.4, 0.5) is 0 Å². The molecule has 0 spiro atoms. The van der Waals surface area contributed by atoms with Gasteiger partial charge in [0, 0.05) is 6.42 Å². The van der Waals surface area contributed by atoms with Gasteiger partial charge in [-0.05, 0) is 70.3 Å². The van der Waals surface area contributed by atoms with Crippen molar-refractivity contribution in [3.63, 3.8) is 0 Å². The Labute approximate surface area is 363 Å². The van der Waals surface area contributed by atoms with Crippen LogP contribution in [-0.2, 0) is 27.9 Å². The molecular formula is C50H90NO7P. The van der Waals surface area contributed by atoms with Crippen molar-refractivity contribution < 1.29 is 37.3 Å². The molecule has 342 valence electrons. The number of carbonyl (C=O) groups excluding carboxylic acids is 1. The molecule has 0 saturated carbocycles. The van der Waals surface area contributed by atoms with Crippen molar-refractivity contribution in [3.05, 3.63) is 73.1 Å². The van der Waals surface area contributed by atoms with Crippen molar-refractivity contribution in [1.82, 2.24) is 0 Å². The summed E-state index contributed by atoms with van der Waals surface area (Å²) in [6, 6.07) is 0. The molecule has 0 aromatic carbocycles. The van der Waals surface area contributed by atoms with Gasteiger partial charge >= 0.3 is 5.97 Å². The largest absolute Gasteiger partial charge is 0.756 e. The number of likely N-dealkylation sites (N-methyl/N-ethyl adjacent to an activating group) is 1. The number of nitrogens with zero attached hydrogens (tertiary/aromatic N) is 1. The summed E-state index contributed by atoms with van der Waals surface area (Å²) >= 11 is 0. The van der Waals surface area contributed by atoms with Gasteiger partial charge in [-0.2, -0.15) is 0 Å². The molecule has 2 atom stereocenters. The van der Waals surface area contributed by atoms with Gasteiger partial charge in [0.05, 0.1) is 34.0 Å². The summed E-state index contributed by atoms with van der Waals surface area (Å²) in [5.41, 5.74) is 0. The van der Waals surface area contributed by atoms with E-state index in [-0.39, 0.29) is 32.2 Å². The SMILES string of the molecule is CC/C=C/C/C=C/C/C=C/C/C=C/C/C=C/CCCCCC(=O)O[C@H](CO/C=C/CCCCCCCCCCCCCCCCCC)COP(=O)([O-])OCC[N+](C)(C)C. The van der Waals surface area contributed by atoms with Gasteiger partial charge in [-0.15, -0.1) is 0 Å². The Hall–Kier alpha value is -2.22. The lowest BCUT2D eigenvalue weighted by atomic mass is 10.0. The topological polar surface area (TPSA) is 94.1 Å². The number of allylic oxidation sites excluding steroid dienone is 11. The average molecular weight is 848 g/mol. The van der Waals surface area contributed by atoms with E-state index in [1.807, 2.05) is 27.2 Å². The zero-order valence-electron chi connectivity index (χ0n) is 38.7. The molecule has 0 aromatic heterocycles. The monoisotopic (exact) mass is 848 g/mol. The van der Waals surface area contributed by atoms with Crippen LogP contribution in [0.2, 0.25) is 0 Å². The van der Waals surface area contributed by atoms with Gasteiger partial charge in [0.25, 0.3) is 7.82 Å². The summed E-state index contributed by atoms with van der Waals surface area (Å²) in [5.74, 6) is -0.388. The van der Waals surface area contributed by atoms with Crippen LogP contribution in [-0.4, -0.2) is 64.1 Å². The minimum Gasteiger partial charge on any atom is -0.756 e. The molecule has 0 aliphatic heterocycles. The first-order valence-electron chi connectivity index (χ1n) is 23.7. The predicted octanol–water partition coefficient (Wildman–Crippen LogP) is 14.0. The van der Waals surface area contributed by atoms with Gasteiger partial charge < -0.3 is 27.9 Å². The Morgan fingerprint density at radius 3 is 1.49 bits per heavy atom. The van der Waals surface area contributed by atoms with Crippen molar-refractivity contribution in [2.24, 2.45) is 0 Å². The molecule has 0 fully saturated rings. The van der Waals surface area contributed by atoms with Gasteiger partial charge in [0.15, 0.2) is 6.10 Å². The maximum absolute atomic E-state index is 12.7. The Morgan fingerprint density at radius 2 is 1.00 bits per heavy atom. The molecule has 0 heterocycles. The molecular weight excluding hydrogens is 758 g/mol. The van der Waals surface area contributed by atoms with Crippen LogP contribution in [0.1, 0.15) is 187 Å². The Kier molecular flexibility index (Phi) is 40.9. The van der Waals surface area contributed by atoms with E-state index in [2.05, 4.69) is 74.6 Å². The van der Waals surface area contributed by atoms with E-state index < -0.39 is 13.9 Å². The molecule has 8 nitrogen and oxygen atoms in total. The number of rotatable bonds is 43. The number of carbonyl (C=O) groups is 1. The maximum atomic E-state index is 12.7. The number of ether oxygens (including phenoxy) is 2. The first-order chi connectivity index (χ1) is 28.6. The molecule has 0 aliphatic rings. The number of unbranched alkanes of at least 4 members (excludes halogenated alkanes) is 19. The summed E-state index contributed by atoms with van der Waals surface area (Å²) in [4.78, 5) is 25.1. The first kappa shape index (κ1) is 56.8. The standard InChI is InChI=1S/C50H90NO7P/c1-6-8-10-12-14-16-18-20-22-24-26-27-29-31-33-35-37-39-41-43-50(52)58-49(48-57-59(53,54)56-46-44-51(3,4)5)47-55-45-42-40-38-36-34-32-30-28-25-23-21-19-17-15-13-11-9-7-2/h8,10,14,16,20,22,26-27,31,33,42,45,49H,6-7,9,11-13,15,17-19,21,23-25,28-30,32,34-41,43-44,46-48H2,1-5H3/b10-8+,16-14+,22-20+,27-26+,33-31+,45-42+/t49-/m1/s1. The molecule has 0 amide bonds. The van der Waals surface area contributed by atoms with Gasteiger partial charge in [-0.3, -0.25) is 9.36 Å². The highest BCUT2D eigenvalue weighted by molar-refractivity contribution is 7.45. The highest BCUT2D eigenvalue weighted by Gasteiger charge is 2.20. The van der Waals surface area contributed by atoms with Crippen LogP contribution in [0.3, 0.4) is 0 Å². The van der Waals surface area contributed by atoms with Gasteiger partial charge in [-0.1, -0.05) is 177 Å². The van der Waals surface area contributed by atoms with Crippen LogP contribution in [0.5, 0.6) is 0 Å². The lowest BCUT2D eigenvalue weighted by Gasteiger charge is -2.28. The zero-order chi connectivity index (χ0) is 43.4. The average Bonchev–Trinajstić information content (AvgIpc) is 3.19. The van der Waals surface area contributed by atoms with E-state index in [0.717, 1.165) is 64.2 Å². The van der Waals surface area contributed by atoms with Crippen molar-refractivity contribution >= 4 is 13.8 Å². The normalized spacial score (nSPS) is 14.3. The second kappa shape index (κ2) is 42.5. The third-order valence-electron chi connectivity index (χ3n) is 9.84. The second-order valence-corrected chi connectivity index (χ2v) is 18.2. The molecule has 0 aliphatic carbocycles. The molecule has 1 unspecified atom stereocenters. The lowest BCUT2D eigenvalue weighted by molar-refractivity contribution is -0.870. The highest BCUT2D eigenvalue weighted by Crippen LogP contribution is 2.38. The third-order valence-corrected chi connectivity index (χ3v) is 10.8. The molecule has 0 N–H and O–H groups in total. The summed E-state index contributed by atoms with van der Waals surface area (Å²) in [6.45, 7) is 4.58. The van der Waals surface area contributed by atoms with Crippen LogP contribution >= 0.6 is 7.82 Å². The molecule has 0 bridgehead atoms. The fourth-order valence-corrected chi connectivity index (χ4v) is 6.91. The van der Waals surface area contributed by atoms with E-state index in [0.29, 0.717) is 17.4 Å². The molecule has 0 aromatic rings. The van der Waals surface area contributed by atoms with Gasteiger partial charge in [0.2, 0.25) is 0 Å². The van der Waals surface area contributed by atoms with E-state index >= 15 is 0 Å². The lowest BCUT2D eigenvalue weighted by Crippen LogP contribution is -2.37. The molecule has 0 rings (SSSR count). The molecule has 9 heteroatoms. The number of hydrogen-bond acceptors (Lipinski definition) is 7. The number of phosphoric acid groups is 1. The highest BCUT2D eigenvalue weighted by atomic mass is 31.2. The maximum Gasteiger partial charge on any atom is 0.306 e. The van der Waals surface area contributed by atoms with Gasteiger partial charge in [0.1, 0.15) is 19.8 Å². The van der Waals surface area contributed by atoms with Crippen molar-refractivity contribution in [2.45, 2.75) is 193 Å². The number of esters is 1. The Bertz CT molecular complexity index is 1170. The predicted molar refractivity (Wildman–Crippen MR) is 249 cm³/mol. The van der Waals surface area contributed by atoms with E-state index in [1.165, 1.54) is 96.3 Å². The third kappa shape index (κ3) is 46.7. The second-order valence-electron chi connectivity index (χ2n) is 16.8. The fraction of sp³-hybridized carbons (Fsp3) is 0.740. The smallest absolute Gasteiger partial charge is 0.306 e. The van der Waals surface area contributed by atoms with E-state index in [4.69, 9.17) is 18.5 Å². The van der Waals surface area contributed by atoms with Crippen LogP contribution < -0.4 is 4.89 Å². The van der Waals surface area contributed by atoms with Crippen molar-refractivity contribution in [2.75, 3.05) is 47.5 Å². The quantitative estimate of drug-likeness (QED) is 0.0151. The summed E-state index contributed by atoms with van der Waals surface area (Å²) in [6.07, 6.45) is 55.9. The molecule has 59 heavy (non-hydrogen) atoms. The van der Waals surface area contributed by atoms with Crippen LogP contribution in [0.15, 0.2) is 73.1 Å². The fourth-order valence-electron chi connectivity index (χ4n) is 6.19. The number of hydrogen-bond donors (Lipinski definition) is 0. The van der Waals surface area contributed by atoms with Crippen molar-refractivity contribution in [1.29, 1.82) is 0 Å². The van der Waals surface area contributed by atoms with Crippen LogP contribution in [0, 0.1) is 0 Å². The minimum atomic E-state index is -4.56.